The number of carbonyl (C=O) groups is 3. The lowest BCUT2D eigenvalue weighted by Crippen LogP contribution is -2.46. The molecule has 0 fully saturated rings. The van der Waals surface area contributed by atoms with E-state index in [1.165, 1.54) is 17.0 Å². The van der Waals surface area contributed by atoms with Gasteiger partial charge < -0.3 is 15.0 Å². The van der Waals surface area contributed by atoms with E-state index < -0.39 is 41.0 Å². The number of ether oxygens (including phenoxy) is 1. The van der Waals surface area contributed by atoms with Gasteiger partial charge in [-0.2, -0.15) is 0 Å². The summed E-state index contributed by atoms with van der Waals surface area (Å²) in [6.45, 7) is 5.27. The summed E-state index contributed by atoms with van der Waals surface area (Å²) in [7, 11) is 1.63. The van der Waals surface area contributed by atoms with Crippen LogP contribution < -0.4 is 15.0 Å². The van der Waals surface area contributed by atoms with E-state index in [0.29, 0.717) is 11.3 Å². The molecule has 0 saturated carbocycles. The molecule has 0 bridgehead atoms. The maximum atomic E-state index is 13.9. The Morgan fingerprint density at radius 1 is 0.886 bits per heavy atom. The van der Waals surface area contributed by atoms with Crippen LogP contribution in [-0.4, -0.2) is 30.9 Å². The molecule has 3 aromatic carbocycles. The Morgan fingerprint density at radius 2 is 1.46 bits per heavy atom. The van der Waals surface area contributed by atoms with Gasteiger partial charge in [0.1, 0.15) is 29.0 Å². The average Bonchev–Trinajstić information content (AvgIpc) is 2.82. The van der Waals surface area contributed by atoms with Crippen LogP contribution in [0.5, 0.6) is 5.75 Å². The van der Waals surface area contributed by atoms with Crippen LogP contribution >= 0.6 is 0 Å². The van der Waals surface area contributed by atoms with Gasteiger partial charge in [0.15, 0.2) is 0 Å². The molecule has 0 radical (unpaired) electrons. The number of nitrogens with zero attached hydrogens (tertiary/aromatic N) is 1. The first kappa shape index (κ1) is 25.6. The second kappa shape index (κ2) is 10.9. The molecular weight excluding hydrogens is 454 g/mol. The zero-order chi connectivity index (χ0) is 25.7. The Labute approximate surface area is 202 Å². The van der Waals surface area contributed by atoms with E-state index in [9.17, 15) is 23.2 Å². The highest BCUT2D eigenvalue weighted by Crippen LogP contribution is 2.22. The zero-order valence-electron chi connectivity index (χ0n) is 19.8. The number of halogens is 2. The molecule has 6 nitrogen and oxygen atoms in total. The van der Waals surface area contributed by atoms with E-state index >= 15 is 0 Å². The summed E-state index contributed by atoms with van der Waals surface area (Å²) in [6.07, 6.45) is 0. The van der Waals surface area contributed by atoms with Gasteiger partial charge in [0.05, 0.1) is 0 Å². The number of anilines is 1. The Bertz CT molecular complexity index is 1200. The Hall–Kier alpha value is -4.07. The number of esters is 1. The quantitative estimate of drug-likeness (QED) is 0.385. The summed E-state index contributed by atoms with van der Waals surface area (Å²) in [6, 6.07) is 15.4. The molecule has 2 amide bonds. The normalized spacial score (nSPS) is 11.6. The van der Waals surface area contributed by atoms with Crippen LogP contribution in [0.2, 0.25) is 0 Å². The van der Waals surface area contributed by atoms with Crippen molar-refractivity contribution in [2.75, 3.05) is 11.9 Å². The fourth-order valence-corrected chi connectivity index (χ4v) is 3.35. The highest BCUT2D eigenvalue weighted by molar-refractivity contribution is 6.05. The van der Waals surface area contributed by atoms with Crippen LogP contribution in [0.15, 0.2) is 66.7 Å². The van der Waals surface area contributed by atoms with E-state index in [4.69, 9.17) is 4.74 Å². The van der Waals surface area contributed by atoms with E-state index in [0.717, 1.165) is 23.8 Å². The fourth-order valence-electron chi connectivity index (χ4n) is 3.35. The number of nitrogens with one attached hydrogen (secondary N) is 1. The average molecular weight is 481 g/mol. The number of amides is 2. The molecule has 0 aromatic heterocycles. The molecule has 0 spiro atoms. The summed E-state index contributed by atoms with van der Waals surface area (Å²) < 4.78 is 33.3. The number of carbonyl (C=O) groups excluding carboxylic acids is 3. The first-order valence-corrected chi connectivity index (χ1v) is 11.0. The highest BCUT2D eigenvalue weighted by Gasteiger charge is 2.29. The minimum Gasteiger partial charge on any atom is -0.425 e. The molecule has 35 heavy (non-hydrogen) atoms. The number of aryl methyl sites for hydroxylation is 1. The number of benzene rings is 3. The van der Waals surface area contributed by atoms with Crippen LogP contribution in [-0.2, 0) is 4.79 Å². The fraction of sp³-hybridized carbons (Fsp3) is 0.222. The molecule has 0 heterocycles. The van der Waals surface area contributed by atoms with Gasteiger partial charge in [0.2, 0.25) is 0 Å². The molecule has 1 atom stereocenters. The van der Waals surface area contributed by atoms with Crippen LogP contribution in [0, 0.1) is 24.5 Å². The van der Waals surface area contributed by atoms with Crippen molar-refractivity contribution in [2.45, 2.75) is 26.8 Å². The molecule has 0 saturated heterocycles. The third-order valence-corrected chi connectivity index (χ3v) is 5.44. The molecule has 0 aliphatic heterocycles. The van der Waals surface area contributed by atoms with E-state index in [2.05, 4.69) is 5.32 Å². The van der Waals surface area contributed by atoms with Crippen LogP contribution in [0.4, 0.5) is 14.5 Å². The molecule has 0 unspecified atom stereocenters. The predicted molar refractivity (Wildman–Crippen MR) is 128 cm³/mol. The lowest BCUT2D eigenvalue weighted by Gasteiger charge is -2.21. The van der Waals surface area contributed by atoms with Gasteiger partial charge in [0.25, 0.3) is 11.8 Å². The molecule has 3 rings (SSSR count). The third-order valence-electron chi connectivity index (χ3n) is 5.44. The Morgan fingerprint density at radius 3 is 2.00 bits per heavy atom. The van der Waals surface area contributed by atoms with Gasteiger partial charge in [-0.15, -0.1) is 0 Å². The minimum absolute atomic E-state index is 0.187. The monoisotopic (exact) mass is 480 g/mol. The smallest absolute Gasteiger partial charge is 0.334 e. The molecular formula is C27H26F2N2O4. The van der Waals surface area contributed by atoms with E-state index in [1.807, 2.05) is 19.1 Å². The molecule has 8 heteroatoms. The number of rotatable bonds is 7. The minimum atomic E-state index is -1.15. The van der Waals surface area contributed by atoms with Crippen LogP contribution in [0.25, 0.3) is 0 Å². The second-order valence-corrected chi connectivity index (χ2v) is 8.44. The van der Waals surface area contributed by atoms with Crippen molar-refractivity contribution in [1.82, 2.24) is 5.32 Å². The summed E-state index contributed by atoms with van der Waals surface area (Å²) in [5, 5.41) is 2.35. The maximum absolute atomic E-state index is 13.9. The van der Waals surface area contributed by atoms with Gasteiger partial charge in [0, 0.05) is 18.3 Å². The first-order chi connectivity index (χ1) is 16.6. The molecule has 1 N–H and O–H groups in total. The van der Waals surface area contributed by atoms with Crippen molar-refractivity contribution in [2.24, 2.45) is 5.92 Å². The zero-order valence-corrected chi connectivity index (χ0v) is 19.8. The largest absolute Gasteiger partial charge is 0.425 e. The van der Waals surface area contributed by atoms with Crippen LogP contribution in [0.3, 0.4) is 0 Å². The maximum Gasteiger partial charge on any atom is 0.334 e. The number of hydrogen-bond acceptors (Lipinski definition) is 4. The van der Waals surface area contributed by atoms with Crippen molar-refractivity contribution in [3.05, 3.63) is 95.1 Å². The molecule has 0 aliphatic carbocycles. The van der Waals surface area contributed by atoms with E-state index in [-0.39, 0.29) is 11.7 Å². The van der Waals surface area contributed by atoms with Crippen molar-refractivity contribution in [3.63, 3.8) is 0 Å². The van der Waals surface area contributed by atoms with Gasteiger partial charge in [-0.25, -0.2) is 13.6 Å². The topological polar surface area (TPSA) is 75.7 Å². The Balaban J connectivity index is 1.69. The lowest BCUT2D eigenvalue weighted by atomic mass is 10.0. The van der Waals surface area contributed by atoms with Gasteiger partial charge in [-0.1, -0.05) is 37.6 Å². The van der Waals surface area contributed by atoms with Crippen molar-refractivity contribution >= 4 is 23.5 Å². The van der Waals surface area contributed by atoms with Gasteiger partial charge >= 0.3 is 5.97 Å². The third kappa shape index (κ3) is 6.09. The predicted octanol–water partition coefficient (Wildman–Crippen LogP) is 4.91. The van der Waals surface area contributed by atoms with Gasteiger partial charge in [-0.3, -0.25) is 9.59 Å². The summed E-state index contributed by atoms with van der Waals surface area (Å²) in [5.74, 6) is -4.33. The SMILES string of the molecule is Cc1ccc(C(=O)N(C)c2ccc(OC(=O)[C@@H](NC(=O)c3c(F)cccc3F)C(C)C)cc2)cc1. The van der Waals surface area contributed by atoms with Crippen LogP contribution in [0.1, 0.15) is 40.1 Å². The van der Waals surface area contributed by atoms with Crippen molar-refractivity contribution in [3.8, 4) is 5.75 Å². The number of hydrogen-bond donors (Lipinski definition) is 1. The molecule has 3 aromatic rings. The lowest BCUT2D eigenvalue weighted by molar-refractivity contribution is -0.137. The first-order valence-electron chi connectivity index (χ1n) is 11.0. The summed E-state index contributed by atoms with van der Waals surface area (Å²) in [4.78, 5) is 39.3. The van der Waals surface area contributed by atoms with Crippen molar-refractivity contribution < 1.29 is 27.9 Å². The Kier molecular flexibility index (Phi) is 7.96. The van der Waals surface area contributed by atoms with Crippen molar-refractivity contribution in [1.29, 1.82) is 0 Å². The standard InChI is InChI=1S/C27H26F2N2O4/c1-16(2)24(30-25(32)23-21(28)6-5-7-22(23)29)27(34)35-20-14-12-19(13-15-20)31(4)26(33)18-10-8-17(3)9-11-18/h5-16,24H,1-4H3,(H,30,32)/t24-/m0/s1. The van der Waals surface area contributed by atoms with E-state index in [1.54, 1.807) is 45.2 Å². The summed E-state index contributed by atoms with van der Waals surface area (Å²) >= 11 is 0. The summed E-state index contributed by atoms with van der Waals surface area (Å²) in [5.41, 5.74) is 1.40. The highest BCUT2D eigenvalue weighted by atomic mass is 19.1. The second-order valence-electron chi connectivity index (χ2n) is 8.44. The molecule has 182 valence electrons. The molecule has 0 aliphatic rings. The van der Waals surface area contributed by atoms with Gasteiger partial charge in [-0.05, 0) is 61.4 Å².